The maximum absolute atomic E-state index is 5.66. The first-order valence-corrected chi connectivity index (χ1v) is 5.66. The molecule has 3 nitrogen and oxygen atoms in total. The fraction of sp³-hybridized carbons (Fsp3) is 0.833. The zero-order chi connectivity index (χ0) is 11.5. The highest BCUT2D eigenvalue weighted by Crippen LogP contribution is 2.01. The van der Waals surface area contributed by atoms with Crippen LogP contribution in [0.2, 0.25) is 0 Å². The summed E-state index contributed by atoms with van der Waals surface area (Å²) in [4.78, 5) is 0. The topological polar surface area (TPSA) is 27.7 Å². The Bertz CT molecular complexity index is 114. The van der Waals surface area contributed by atoms with E-state index in [2.05, 4.69) is 6.92 Å². The molecule has 2 unspecified atom stereocenters. The van der Waals surface area contributed by atoms with Crippen molar-refractivity contribution >= 4 is 0 Å². The van der Waals surface area contributed by atoms with E-state index in [-0.39, 0.29) is 12.2 Å². The molecule has 0 saturated carbocycles. The molecule has 2 atom stereocenters. The minimum absolute atomic E-state index is 0.0985. The Morgan fingerprint density at radius 2 is 1.80 bits per heavy atom. The standard InChI is InChI=1S/C12H24O3/c1-5-7-13-9-11(3)15-12(4)10-14-8-6-2/h5,7,11-12H,6,8-10H2,1-4H3. The Kier molecular flexibility index (Phi) is 10.3. The van der Waals surface area contributed by atoms with Crippen molar-refractivity contribution < 1.29 is 14.2 Å². The minimum Gasteiger partial charge on any atom is -0.379 e. The molecule has 15 heavy (non-hydrogen) atoms. The summed E-state index contributed by atoms with van der Waals surface area (Å²) in [6.07, 6.45) is 3.13. The van der Waals surface area contributed by atoms with Crippen molar-refractivity contribution in [2.24, 2.45) is 0 Å². The van der Waals surface area contributed by atoms with Crippen LogP contribution in [0.1, 0.15) is 34.1 Å². The molecule has 0 bridgehead atoms. The molecule has 0 aromatic heterocycles. The van der Waals surface area contributed by atoms with E-state index >= 15 is 0 Å². The van der Waals surface area contributed by atoms with Gasteiger partial charge in [0.05, 0.1) is 32.0 Å². The Hall–Kier alpha value is -0.120. The van der Waals surface area contributed by atoms with Gasteiger partial charge in [0.1, 0.15) is 0 Å². The van der Waals surface area contributed by atoms with Crippen molar-refractivity contribution in [2.45, 2.75) is 46.3 Å². The van der Waals surface area contributed by atoms with Crippen molar-refractivity contribution in [1.82, 2.24) is 0 Å². The Morgan fingerprint density at radius 1 is 1.13 bits per heavy atom. The second-order valence-electron chi connectivity index (χ2n) is 3.63. The highest BCUT2D eigenvalue weighted by Gasteiger charge is 2.08. The molecule has 3 heteroatoms. The molecule has 0 aliphatic heterocycles. The third-order valence-electron chi connectivity index (χ3n) is 1.73. The Morgan fingerprint density at radius 3 is 2.40 bits per heavy atom. The predicted octanol–water partition coefficient (Wildman–Crippen LogP) is 2.61. The summed E-state index contributed by atoms with van der Waals surface area (Å²) in [6, 6.07) is 0. The van der Waals surface area contributed by atoms with Gasteiger partial charge in [-0.1, -0.05) is 13.8 Å². The highest BCUT2D eigenvalue weighted by molar-refractivity contribution is 4.67. The molecule has 0 saturated heterocycles. The highest BCUT2D eigenvalue weighted by atomic mass is 16.6. The molecule has 0 heterocycles. The summed E-state index contributed by atoms with van der Waals surface area (Å²) in [5.74, 6) is 0. The van der Waals surface area contributed by atoms with E-state index in [1.807, 2.05) is 27.2 Å². The van der Waals surface area contributed by atoms with Crippen LogP contribution in [0.3, 0.4) is 0 Å². The summed E-state index contributed by atoms with van der Waals surface area (Å²) in [7, 11) is 0. The van der Waals surface area contributed by atoms with Gasteiger partial charge in [-0.15, -0.1) is 0 Å². The Labute approximate surface area is 94.1 Å². The van der Waals surface area contributed by atoms with Crippen molar-refractivity contribution in [2.75, 3.05) is 19.8 Å². The minimum atomic E-state index is 0.0985. The van der Waals surface area contributed by atoms with Crippen LogP contribution in [0, 0.1) is 13.0 Å². The molecule has 0 fully saturated rings. The normalized spacial score (nSPS) is 15.2. The summed E-state index contributed by atoms with van der Waals surface area (Å²) < 4.78 is 16.3. The van der Waals surface area contributed by atoms with Crippen molar-refractivity contribution in [3.8, 4) is 0 Å². The predicted molar refractivity (Wildman–Crippen MR) is 61.3 cm³/mol. The lowest BCUT2D eigenvalue weighted by molar-refractivity contribution is -0.0629. The first kappa shape index (κ1) is 14.9. The van der Waals surface area contributed by atoms with Crippen LogP contribution < -0.4 is 0 Å². The summed E-state index contributed by atoms with van der Waals surface area (Å²) in [6.45, 7) is 11.8. The van der Waals surface area contributed by atoms with Gasteiger partial charge >= 0.3 is 0 Å². The second-order valence-corrected chi connectivity index (χ2v) is 3.63. The summed E-state index contributed by atoms with van der Waals surface area (Å²) in [5, 5.41) is 0. The lowest BCUT2D eigenvalue weighted by atomic mass is 10.4. The van der Waals surface area contributed by atoms with Crippen molar-refractivity contribution in [3.05, 3.63) is 13.0 Å². The molecule has 0 aromatic carbocycles. The quantitative estimate of drug-likeness (QED) is 0.525. The molecule has 0 N–H and O–H groups in total. The van der Waals surface area contributed by atoms with Crippen LogP contribution >= 0.6 is 0 Å². The summed E-state index contributed by atoms with van der Waals surface area (Å²) in [5.41, 5.74) is 0. The molecule has 2 radical (unpaired) electrons. The first-order valence-electron chi connectivity index (χ1n) is 5.66. The molecule has 0 rings (SSSR count). The van der Waals surface area contributed by atoms with Crippen LogP contribution in [0.5, 0.6) is 0 Å². The van der Waals surface area contributed by atoms with Gasteiger partial charge in [0.15, 0.2) is 0 Å². The zero-order valence-electron chi connectivity index (χ0n) is 10.4. The van der Waals surface area contributed by atoms with Crippen molar-refractivity contribution in [3.63, 3.8) is 0 Å². The van der Waals surface area contributed by atoms with Crippen LogP contribution in [-0.4, -0.2) is 32.0 Å². The molecule has 0 aliphatic rings. The molecule has 90 valence electrons. The summed E-state index contributed by atoms with van der Waals surface area (Å²) >= 11 is 0. The number of rotatable bonds is 10. The molecular weight excluding hydrogens is 192 g/mol. The van der Waals surface area contributed by atoms with Gasteiger partial charge in [-0.25, -0.2) is 0 Å². The fourth-order valence-electron chi connectivity index (χ4n) is 1.16. The number of hydrogen-bond acceptors (Lipinski definition) is 3. The van der Waals surface area contributed by atoms with Gasteiger partial charge in [-0.2, -0.15) is 0 Å². The van der Waals surface area contributed by atoms with E-state index in [0.29, 0.717) is 13.2 Å². The average molecular weight is 216 g/mol. The van der Waals surface area contributed by atoms with Gasteiger partial charge in [0, 0.05) is 6.61 Å². The fourth-order valence-corrected chi connectivity index (χ4v) is 1.16. The largest absolute Gasteiger partial charge is 0.379 e. The van der Waals surface area contributed by atoms with Gasteiger partial charge < -0.3 is 14.2 Å². The molecule has 0 spiro atoms. The van der Waals surface area contributed by atoms with E-state index in [9.17, 15) is 0 Å². The van der Waals surface area contributed by atoms with Crippen LogP contribution in [0.15, 0.2) is 0 Å². The van der Waals surface area contributed by atoms with Gasteiger partial charge in [-0.05, 0) is 26.7 Å². The number of hydrogen-bond donors (Lipinski definition) is 0. The lowest BCUT2D eigenvalue weighted by Crippen LogP contribution is -2.25. The molecule has 0 aliphatic carbocycles. The van der Waals surface area contributed by atoms with E-state index in [1.165, 1.54) is 0 Å². The third kappa shape index (κ3) is 10.2. The van der Waals surface area contributed by atoms with E-state index < -0.39 is 0 Å². The monoisotopic (exact) mass is 216 g/mol. The van der Waals surface area contributed by atoms with Crippen LogP contribution in [0.4, 0.5) is 0 Å². The Balaban J connectivity index is 3.35. The van der Waals surface area contributed by atoms with Crippen LogP contribution in [-0.2, 0) is 14.2 Å². The third-order valence-corrected chi connectivity index (χ3v) is 1.73. The van der Waals surface area contributed by atoms with Gasteiger partial charge in [0.2, 0.25) is 0 Å². The maximum atomic E-state index is 5.66. The van der Waals surface area contributed by atoms with Gasteiger partial charge in [-0.3, -0.25) is 0 Å². The molecular formula is C12H24O3. The van der Waals surface area contributed by atoms with E-state index in [4.69, 9.17) is 14.2 Å². The number of ether oxygens (including phenoxy) is 3. The van der Waals surface area contributed by atoms with Crippen LogP contribution in [0.25, 0.3) is 0 Å². The van der Waals surface area contributed by atoms with Gasteiger partial charge in [0.25, 0.3) is 0 Å². The first-order chi connectivity index (χ1) is 7.20. The average Bonchev–Trinajstić information content (AvgIpc) is 2.18. The molecule has 0 amide bonds. The maximum Gasteiger partial charge on any atom is 0.0869 e. The van der Waals surface area contributed by atoms with E-state index in [0.717, 1.165) is 13.0 Å². The van der Waals surface area contributed by atoms with E-state index in [1.54, 1.807) is 6.61 Å². The smallest absolute Gasteiger partial charge is 0.0869 e. The lowest BCUT2D eigenvalue weighted by Gasteiger charge is -2.19. The second kappa shape index (κ2) is 10.4. The zero-order valence-corrected chi connectivity index (χ0v) is 10.4. The SMILES string of the molecule is C[CH][CH]OCC(C)OC(C)COCCC. The van der Waals surface area contributed by atoms with Crippen molar-refractivity contribution in [1.29, 1.82) is 0 Å². The molecule has 0 aromatic rings.